The van der Waals surface area contributed by atoms with Gasteiger partial charge in [-0.15, -0.1) is 0 Å². The molecule has 152 valence electrons. The van der Waals surface area contributed by atoms with Crippen molar-refractivity contribution in [1.82, 2.24) is 21.3 Å². The summed E-state index contributed by atoms with van der Waals surface area (Å²) < 4.78 is 0. The molecule has 1 unspecified atom stereocenters. The lowest BCUT2D eigenvalue weighted by Gasteiger charge is -2.18. The standard InChI is InChI=1S/C19H18Cl2N4O2S2/c1-11(23-19(29)25-17(27)13-7-3-5-9-15(13)21)10-22-18(28)24-16(26)12-6-2-4-8-14(12)20/h2-9,11H,10H2,1H3,(H2,22,24,26,28)(H2,23,25,27,29). The van der Waals surface area contributed by atoms with Crippen molar-refractivity contribution in [3.8, 4) is 0 Å². The largest absolute Gasteiger partial charge is 0.360 e. The Morgan fingerprint density at radius 3 is 1.79 bits per heavy atom. The summed E-state index contributed by atoms with van der Waals surface area (Å²) in [7, 11) is 0. The molecule has 6 nitrogen and oxygen atoms in total. The predicted molar refractivity (Wildman–Crippen MR) is 124 cm³/mol. The number of benzene rings is 2. The highest BCUT2D eigenvalue weighted by molar-refractivity contribution is 7.80. The minimum Gasteiger partial charge on any atom is -0.360 e. The van der Waals surface area contributed by atoms with E-state index in [1.807, 2.05) is 6.92 Å². The molecule has 4 N–H and O–H groups in total. The number of carbonyl (C=O) groups excluding carboxylic acids is 2. The highest BCUT2D eigenvalue weighted by atomic mass is 35.5. The van der Waals surface area contributed by atoms with E-state index in [9.17, 15) is 9.59 Å². The van der Waals surface area contributed by atoms with Crippen molar-refractivity contribution >= 4 is 69.7 Å². The van der Waals surface area contributed by atoms with E-state index in [2.05, 4.69) is 21.3 Å². The smallest absolute Gasteiger partial charge is 0.258 e. The van der Waals surface area contributed by atoms with Gasteiger partial charge in [0.05, 0.1) is 21.2 Å². The summed E-state index contributed by atoms with van der Waals surface area (Å²) in [6, 6.07) is 13.1. The summed E-state index contributed by atoms with van der Waals surface area (Å²) >= 11 is 22.3. The van der Waals surface area contributed by atoms with Crippen LogP contribution in [0.15, 0.2) is 48.5 Å². The van der Waals surface area contributed by atoms with Crippen LogP contribution < -0.4 is 21.3 Å². The number of halogens is 2. The zero-order valence-corrected chi connectivity index (χ0v) is 18.4. The third kappa shape index (κ3) is 7.25. The molecule has 0 aliphatic heterocycles. The molecular weight excluding hydrogens is 451 g/mol. The first kappa shape index (κ1) is 23.0. The van der Waals surface area contributed by atoms with E-state index in [-0.39, 0.29) is 16.3 Å². The highest BCUT2D eigenvalue weighted by Crippen LogP contribution is 2.15. The Bertz CT molecular complexity index is 940. The number of amides is 2. The Morgan fingerprint density at radius 1 is 0.862 bits per heavy atom. The number of thiocarbonyl (C=S) groups is 2. The minimum atomic E-state index is -0.407. The molecule has 2 aromatic carbocycles. The fourth-order valence-electron chi connectivity index (χ4n) is 2.23. The second-order valence-corrected chi connectivity index (χ2v) is 7.58. The molecule has 0 fully saturated rings. The van der Waals surface area contributed by atoms with Gasteiger partial charge in [-0.05, 0) is 55.6 Å². The molecule has 2 aromatic rings. The maximum Gasteiger partial charge on any atom is 0.258 e. The summed E-state index contributed by atoms with van der Waals surface area (Å²) in [5.74, 6) is -0.813. The van der Waals surface area contributed by atoms with Crippen LogP contribution in [0.2, 0.25) is 10.0 Å². The first-order valence-corrected chi connectivity index (χ1v) is 10.0. The van der Waals surface area contributed by atoms with Gasteiger partial charge in [-0.2, -0.15) is 0 Å². The van der Waals surface area contributed by atoms with Crippen molar-refractivity contribution in [1.29, 1.82) is 0 Å². The maximum atomic E-state index is 12.2. The zero-order valence-electron chi connectivity index (χ0n) is 15.3. The Morgan fingerprint density at radius 2 is 1.31 bits per heavy atom. The Labute approximate surface area is 189 Å². The van der Waals surface area contributed by atoms with Gasteiger partial charge >= 0.3 is 0 Å². The molecule has 1 atom stereocenters. The van der Waals surface area contributed by atoms with Gasteiger partial charge in [0.1, 0.15) is 0 Å². The Balaban J connectivity index is 1.76. The van der Waals surface area contributed by atoms with Crippen molar-refractivity contribution in [2.45, 2.75) is 13.0 Å². The van der Waals surface area contributed by atoms with Crippen LogP contribution in [0.5, 0.6) is 0 Å². The molecule has 10 heteroatoms. The number of rotatable bonds is 5. The van der Waals surface area contributed by atoms with Crippen molar-refractivity contribution in [2.24, 2.45) is 0 Å². The van der Waals surface area contributed by atoms with E-state index in [1.165, 1.54) is 0 Å². The molecule has 0 aromatic heterocycles. The maximum absolute atomic E-state index is 12.2. The third-order valence-corrected chi connectivity index (χ3v) is 4.76. The molecule has 0 heterocycles. The normalized spacial score (nSPS) is 11.1. The average Bonchev–Trinajstić information content (AvgIpc) is 2.66. The fourth-order valence-corrected chi connectivity index (χ4v) is 3.15. The van der Waals surface area contributed by atoms with E-state index in [0.29, 0.717) is 27.7 Å². The summed E-state index contributed by atoms with van der Waals surface area (Å²) in [4.78, 5) is 24.4. The summed E-state index contributed by atoms with van der Waals surface area (Å²) in [5.41, 5.74) is 0.653. The Kier molecular flexibility index (Phi) is 8.78. The second kappa shape index (κ2) is 11.1. The molecule has 0 spiro atoms. The van der Waals surface area contributed by atoms with E-state index in [4.69, 9.17) is 47.6 Å². The molecule has 0 bridgehead atoms. The van der Waals surface area contributed by atoms with Crippen molar-refractivity contribution in [2.75, 3.05) is 6.54 Å². The molecule has 0 aliphatic rings. The van der Waals surface area contributed by atoms with E-state index < -0.39 is 11.8 Å². The SMILES string of the molecule is CC(CNC(=S)NC(=O)c1ccccc1Cl)NC(=S)NC(=O)c1ccccc1Cl. The Hall–Kier alpha value is -2.26. The molecule has 29 heavy (non-hydrogen) atoms. The molecule has 0 aliphatic carbocycles. The van der Waals surface area contributed by atoms with Gasteiger partial charge in [0.25, 0.3) is 11.8 Å². The molecule has 0 saturated heterocycles. The van der Waals surface area contributed by atoms with Gasteiger partial charge in [-0.1, -0.05) is 47.5 Å². The topological polar surface area (TPSA) is 82.3 Å². The van der Waals surface area contributed by atoms with Gasteiger partial charge in [-0.3, -0.25) is 20.2 Å². The second-order valence-electron chi connectivity index (χ2n) is 5.95. The highest BCUT2D eigenvalue weighted by Gasteiger charge is 2.14. The molecule has 2 rings (SSSR count). The van der Waals surface area contributed by atoms with Gasteiger partial charge in [0, 0.05) is 12.6 Å². The molecular formula is C19H18Cl2N4O2S2. The van der Waals surface area contributed by atoms with Crippen molar-refractivity contribution in [3.63, 3.8) is 0 Å². The number of hydrogen-bond donors (Lipinski definition) is 4. The van der Waals surface area contributed by atoms with Crippen molar-refractivity contribution in [3.05, 3.63) is 69.7 Å². The lowest BCUT2D eigenvalue weighted by atomic mass is 10.2. The average molecular weight is 469 g/mol. The van der Waals surface area contributed by atoms with Crippen LogP contribution in [-0.2, 0) is 0 Å². The fraction of sp³-hybridized carbons (Fsp3) is 0.158. The van der Waals surface area contributed by atoms with E-state index in [0.717, 1.165) is 0 Å². The summed E-state index contributed by atoms with van der Waals surface area (Å²) in [5, 5.41) is 11.9. The first-order chi connectivity index (χ1) is 13.8. The monoisotopic (exact) mass is 468 g/mol. The van der Waals surface area contributed by atoms with Gasteiger partial charge < -0.3 is 10.6 Å². The zero-order chi connectivity index (χ0) is 21.4. The number of hydrogen-bond acceptors (Lipinski definition) is 4. The minimum absolute atomic E-state index is 0.148. The molecule has 0 saturated carbocycles. The summed E-state index contributed by atoms with van der Waals surface area (Å²) in [6.07, 6.45) is 0. The van der Waals surface area contributed by atoms with Crippen LogP contribution in [0.3, 0.4) is 0 Å². The van der Waals surface area contributed by atoms with Crippen LogP contribution >= 0.6 is 47.6 Å². The van der Waals surface area contributed by atoms with Gasteiger partial charge in [0.2, 0.25) is 0 Å². The van der Waals surface area contributed by atoms with Crippen LogP contribution in [0.25, 0.3) is 0 Å². The lowest BCUT2D eigenvalue weighted by molar-refractivity contribution is 0.0968. The first-order valence-electron chi connectivity index (χ1n) is 8.48. The molecule has 2 amide bonds. The van der Waals surface area contributed by atoms with E-state index in [1.54, 1.807) is 48.5 Å². The quantitative estimate of drug-likeness (QED) is 0.504. The van der Waals surface area contributed by atoms with Gasteiger partial charge in [-0.25, -0.2) is 0 Å². The van der Waals surface area contributed by atoms with Crippen molar-refractivity contribution < 1.29 is 9.59 Å². The van der Waals surface area contributed by atoms with Crippen LogP contribution in [-0.4, -0.2) is 34.6 Å². The number of carbonyl (C=O) groups is 2. The van der Waals surface area contributed by atoms with Gasteiger partial charge in [0.15, 0.2) is 10.2 Å². The number of nitrogens with one attached hydrogen (secondary N) is 4. The molecule has 0 radical (unpaired) electrons. The third-order valence-electron chi connectivity index (χ3n) is 3.64. The van der Waals surface area contributed by atoms with Crippen LogP contribution in [0.1, 0.15) is 27.6 Å². The lowest BCUT2D eigenvalue weighted by Crippen LogP contribution is -2.49. The summed E-state index contributed by atoms with van der Waals surface area (Å²) in [6.45, 7) is 2.18. The predicted octanol–water partition coefficient (Wildman–Crippen LogP) is 3.29. The van der Waals surface area contributed by atoms with Crippen LogP contribution in [0.4, 0.5) is 0 Å². The van der Waals surface area contributed by atoms with E-state index >= 15 is 0 Å². The van der Waals surface area contributed by atoms with Crippen LogP contribution in [0, 0.1) is 0 Å².